The summed E-state index contributed by atoms with van der Waals surface area (Å²) in [5.41, 5.74) is 4.63. The highest BCUT2D eigenvalue weighted by atomic mass is 16.5. The Morgan fingerprint density at radius 3 is 2.31 bits per heavy atom. The van der Waals surface area contributed by atoms with Gasteiger partial charge in [-0.2, -0.15) is 0 Å². The Balaban J connectivity index is 1.43. The van der Waals surface area contributed by atoms with Gasteiger partial charge in [0.15, 0.2) is 6.61 Å². The van der Waals surface area contributed by atoms with Gasteiger partial charge in [0.05, 0.1) is 25.8 Å². The molecule has 238 valence electrons. The van der Waals surface area contributed by atoms with Gasteiger partial charge in [-0.3, -0.25) is 14.4 Å². The largest absolute Gasteiger partial charge is 0.482 e. The molecular weight excluding hydrogens is 572 g/mol. The van der Waals surface area contributed by atoms with Gasteiger partial charge in [0, 0.05) is 25.0 Å². The van der Waals surface area contributed by atoms with E-state index in [0.29, 0.717) is 35.2 Å². The van der Waals surface area contributed by atoms with Crippen molar-refractivity contribution >= 4 is 40.9 Å². The molecule has 10 heteroatoms. The van der Waals surface area contributed by atoms with E-state index in [4.69, 9.17) is 9.47 Å². The maximum absolute atomic E-state index is 13.6. The van der Waals surface area contributed by atoms with Gasteiger partial charge in [-0.1, -0.05) is 43.2 Å². The van der Waals surface area contributed by atoms with Crippen LogP contribution in [0.4, 0.5) is 21.9 Å². The minimum atomic E-state index is -0.552. The van der Waals surface area contributed by atoms with Crippen molar-refractivity contribution < 1.29 is 28.7 Å². The monoisotopic (exact) mass is 614 g/mol. The number of carbonyl (C=O) groups is 4. The first-order valence-electron chi connectivity index (χ1n) is 15.2. The quantitative estimate of drug-likeness (QED) is 0.264. The van der Waals surface area contributed by atoms with Gasteiger partial charge in [-0.05, 0) is 85.7 Å². The SMILES string of the molecule is COC(=O)Cc1cccc(NC(=O)NCC(=O)N(CC2CCCC2)c2ccccc2OCC(=O)N(C)c2cc(C)cc(C)c2)c1. The highest BCUT2D eigenvalue weighted by Gasteiger charge is 2.26. The Morgan fingerprint density at radius 1 is 0.889 bits per heavy atom. The summed E-state index contributed by atoms with van der Waals surface area (Å²) in [5.74, 6) is -0.168. The molecule has 3 aromatic rings. The number of benzene rings is 3. The van der Waals surface area contributed by atoms with Crippen molar-refractivity contribution in [3.63, 3.8) is 0 Å². The number of urea groups is 1. The molecule has 45 heavy (non-hydrogen) atoms. The zero-order valence-electron chi connectivity index (χ0n) is 26.4. The van der Waals surface area contributed by atoms with Crippen LogP contribution >= 0.6 is 0 Å². The lowest BCUT2D eigenvalue weighted by molar-refractivity contribution is -0.139. The first-order chi connectivity index (χ1) is 21.6. The van der Waals surface area contributed by atoms with E-state index in [1.165, 1.54) is 7.11 Å². The van der Waals surface area contributed by atoms with Crippen LogP contribution in [0.5, 0.6) is 5.75 Å². The molecule has 1 aliphatic carbocycles. The molecule has 0 saturated heterocycles. The molecule has 1 aliphatic rings. The lowest BCUT2D eigenvalue weighted by Gasteiger charge is -2.28. The normalized spacial score (nSPS) is 12.7. The summed E-state index contributed by atoms with van der Waals surface area (Å²) < 4.78 is 10.7. The highest BCUT2D eigenvalue weighted by Crippen LogP contribution is 2.32. The number of ether oxygens (including phenoxy) is 2. The fraction of sp³-hybridized carbons (Fsp3) is 0.371. The highest BCUT2D eigenvalue weighted by molar-refractivity contribution is 6.00. The van der Waals surface area contributed by atoms with Crippen LogP contribution < -0.4 is 25.2 Å². The topological polar surface area (TPSA) is 117 Å². The van der Waals surface area contributed by atoms with Crippen molar-refractivity contribution in [3.05, 3.63) is 83.4 Å². The predicted octanol–water partition coefficient (Wildman–Crippen LogP) is 5.41. The third-order valence-electron chi connectivity index (χ3n) is 7.85. The van der Waals surface area contributed by atoms with E-state index in [2.05, 4.69) is 10.6 Å². The van der Waals surface area contributed by atoms with Crippen LogP contribution in [0.3, 0.4) is 0 Å². The molecule has 0 radical (unpaired) electrons. The molecule has 4 amide bonds. The van der Waals surface area contributed by atoms with Crippen LogP contribution in [0.15, 0.2) is 66.7 Å². The van der Waals surface area contributed by atoms with Gasteiger partial charge >= 0.3 is 12.0 Å². The number of rotatable bonds is 12. The second kappa shape index (κ2) is 15.7. The number of methoxy groups -OCH3 is 1. The standard InChI is InChI=1S/C35H42N4O6/c1-24-16-25(2)18-29(17-24)38(3)33(41)23-45-31-15-8-7-14-30(31)39(22-26-10-5-6-11-26)32(40)21-36-35(43)37-28-13-9-12-27(19-28)20-34(42)44-4/h7-9,12-19,26H,5-6,10-11,20-23H2,1-4H3,(H2,36,37,43). The Morgan fingerprint density at radius 2 is 1.60 bits per heavy atom. The summed E-state index contributed by atoms with van der Waals surface area (Å²) in [5, 5.41) is 5.37. The average molecular weight is 615 g/mol. The van der Waals surface area contributed by atoms with Gasteiger partial charge in [0.25, 0.3) is 5.91 Å². The minimum absolute atomic E-state index is 0.0806. The number of para-hydroxylation sites is 2. The second-order valence-corrected chi connectivity index (χ2v) is 11.5. The lowest BCUT2D eigenvalue weighted by Crippen LogP contribution is -2.43. The first kappa shape index (κ1) is 33.0. The van der Waals surface area contributed by atoms with E-state index in [9.17, 15) is 19.2 Å². The smallest absolute Gasteiger partial charge is 0.319 e. The van der Waals surface area contributed by atoms with Crippen LogP contribution in [-0.2, 0) is 25.5 Å². The number of aryl methyl sites for hydroxylation is 2. The number of hydrogen-bond acceptors (Lipinski definition) is 6. The number of carbonyl (C=O) groups excluding carboxylic acids is 4. The summed E-state index contributed by atoms with van der Waals surface area (Å²) in [7, 11) is 3.04. The van der Waals surface area contributed by atoms with E-state index in [0.717, 1.165) is 42.5 Å². The number of anilines is 3. The maximum Gasteiger partial charge on any atom is 0.319 e. The molecule has 10 nitrogen and oxygen atoms in total. The van der Waals surface area contributed by atoms with Crippen molar-refractivity contribution in [1.29, 1.82) is 0 Å². The van der Waals surface area contributed by atoms with Crippen LogP contribution in [0.2, 0.25) is 0 Å². The molecule has 1 saturated carbocycles. The van der Waals surface area contributed by atoms with Crippen LogP contribution in [-0.4, -0.2) is 57.7 Å². The van der Waals surface area contributed by atoms with Gasteiger partial charge in [-0.15, -0.1) is 0 Å². The molecule has 0 bridgehead atoms. The lowest BCUT2D eigenvalue weighted by atomic mass is 10.1. The van der Waals surface area contributed by atoms with Crippen molar-refractivity contribution in [2.75, 3.05) is 49.0 Å². The molecule has 0 spiro atoms. The van der Waals surface area contributed by atoms with Crippen molar-refractivity contribution in [1.82, 2.24) is 5.32 Å². The summed E-state index contributed by atoms with van der Waals surface area (Å²) in [6.45, 7) is 4.00. The summed E-state index contributed by atoms with van der Waals surface area (Å²) in [6, 6.07) is 19.4. The van der Waals surface area contributed by atoms with Gasteiger partial charge in [0.2, 0.25) is 5.91 Å². The molecular formula is C35H42N4O6. The number of amides is 4. The second-order valence-electron chi connectivity index (χ2n) is 11.5. The minimum Gasteiger partial charge on any atom is -0.482 e. The Hall–Kier alpha value is -4.86. The number of likely N-dealkylation sites (N-methyl/N-ethyl adjacent to an activating group) is 1. The predicted molar refractivity (Wildman–Crippen MR) is 175 cm³/mol. The fourth-order valence-corrected chi connectivity index (χ4v) is 5.54. The summed E-state index contributed by atoms with van der Waals surface area (Å²) in [4.78, 5) is 54.3. The average Bonchev–Trinajstić information content (AvgIpc) is 3.54. The molecule has 0 aromatic heterocycles. The van der Waals surface area contributed by atoms with E-state index in [-0.39, 0.29) is 37.4 Å². The molecule has 0 atom stereocenters. The van der Waals surface area contributed by atoms with Crippen molar-refractivity contribution in [3.8, 4) is 5.75 Å². The van der Waals surface area contributed by atoms with Gasteiger partial charge in [0.1, 0.15) is 5.75 Å². The molecule has 0 heterocycles. The van der Waals surface area contributed by atoms with E-state index in [1.807, 2.05) is 38.1 Å². The van der Waals surface area contributed by atoms with E-state index < -0.39 is 6.03 Å². The van der Waals surface area contributed by atoms with Crippen LogP contribution in [0.1, 0.15) is 42.4 Å². The third kappa shape index (κ3) is 9.56. The zero-order valence-corrected chi connectivity index (χ0v) is 26.4. The van der Waals surface area contributed by atoms with Crippen molar-refractivity contribution in [2.45, 2.75) is 46.0 Å². The van der Waals surface area contributed by atoms with Crippen LogP contribution in [0, 0.1) is 19.8 Å². The zero-order chi connectivity index (χ0) is 32.3. The summed E-state index contributed by atoms with van der Waals surface area (Å²) >= 11 is 0. The molecule has 3 aromatic carbocycles. The summed E-state index contributed by atoms with van der Waals surface area (Å²) in [6.07, 6.45) is 4.33. The molecule has 0 unspecified atom stereocenters. The number of nitrogens with one attached hydrogen (secondary N) is 2. The fourth-order valence-electron chi connectivity index (χ4n) is 5.54. The number of hydrogen-bond donors (Lipinski definition) is 2. The number of esters is 1. The number of nitrogens with zero attached hydrogens (tertiary/aromatic N) is 2. The Labute approximate surface area is 264 Å². The van der Waals surface area contributed by atoms with Crippen LogP contribution in [0.25, 0.3) is 0 Å². The Kier molecular flexibility index (Phi) is 11.6. The molecule has 4 rings (SSSR count). The molecule has 1 fully saturated rings. The van der Waals surface area contributed by atoms with Gasteiger partial charge in [-0.25, -0.2) is 4.79 Å². The maximum atomic E-state index is 13.6. The van der Waals surface area contributed by atoms with Gasteiger partial charge < -0.3 is 29.9 Å². The van der Waals surface area contributed by atoms with E-state index >= 15 is 0 Å². The Bertz CT molecular complexity index is 1500. The first-order valence-corrected chi connectivity index (χ1v) is 15.2. The van der Waals surface area contributed by atoms with Crippen molar-refractivity contribution in [2.24, 2.45) is 5.92 Å². The third-order valence-corrected chi connectivity index (χ3v) is 7.85. The molecule has 0 aliphatic heterocycles. The molecule has 2 N–H and O–H groups in total. The van der Waals surface area contributed by atoms with E-state index in [1.54, 1.807) is 59.3 Å².